The minimum Gasteiger partial charge on any atom is -0.382 e. The molecule has 0 unspecified atom stereocenters. The second-order valence-electron chi connectivity index (χ2n) is 6.60. The van der Waals surface area contributed by atoms with Gasteiger partial charge in [0.1, 0.15) is 11.3 Å². The Kier molecular flexibility index (Phi) is 4.31. The van der Waals surface area contributed by atoms with E-state index in [9.17, 15) is 0 Å². The molecule has 0 aliphatic carbocycles. The summed E-state index contributed by atoms with van der Waals surface area (Å²) < 4.78 is 2.29. The minimum absolute atomic E-state index is 0.494. The Morgan fingerprint density at radius 2 is 1.69 bits per heavy atom. The van der Waals surface area contributed by atoms with E-state index >= 15 is 0 Å². The van der Waals surface area contributed by atoms with Crippen LogP contribution in [0.25, 0.3) is 21.9 Å². The molecular weight excluding hydrogens is 322 g/mol. The van der Waals surface area contributed by atoms with E-state index in [0.29, 0.717) is 12.4 Å². The number of fused-ring (bicyclic) bond motifs is 3. The van der Waals surface area contributed by atoms with Gasteiger partial charge >= 0.3 is 0 Å². The van der Waals surface area contributed by atoms with Gasteiger partial charge in [-0.2, -0.15) is 0 Å². The van der Waals surface area contributed by atoms with Crippen LogP contribution in [0, 0.1) is 0 Å². The molecule has 2 aromatic heterocycles. The summed E-state index contributed by atoms with van der Waals surface area (Å²) >= 11 is 0. The number of hydrogen-bond donors (Lipinski definition) is 2. The van der Waals surface area contributed by atoms with E-state index in [-0.39, 0.29) is 0 Å². The highest BCUT2D eigenvalue weighted by Crippen LogP contribution is 2.29. The van der Waals surface area contributed by atoms with E-state index in [1.54, 1.807) is 0 Å². The van der Waals surface area contributed by atoms with E-state index in [2.05, 4.69) is 46.8 Å². The molecule has 4 N–H and O–H groups in total. The number of benzene rings is 2. The van der Waals surface area contributed by atoms with Crippen LogP contribution < -0.4 is 11.5 Å². The Labute approximate surface area is 152 Å². The number of nitrogens with zero attached hydrogens (tertiary/aromatic N) is 3. The first-order valence-corrected chi connectivity index (χ1v) is 9.02. The number of hydrogen-bond acceptors (Lipinski definition) is 4. The molecule has 4 rings (SSSR count). The normalized spacial score (nSPS) is 11.5. The van der Waals surface area contributed by atoms with Crippen LogP contribution in [0.3, 0.4) is 0 Å². The lowest BCUT2D eigenvalue weighted by Crippen LogP contribution is -2.06. The maximum Gasteiger partial charge on any atom is 0.152 e. The zero-order valence-corrected chi connectivity index (χ0v) is 14.9. The minimum atomic E-state index is 0.494. The summed E-state index contributed by atoms with van der Waals surface area (Å²) in [6.45, 7) is 3.48. The van der Waals surface area contributed by atoms with Crippen molar-refractivity contribution in [2.75, 3.05) is 5.73 Å². The van der Waals surface area contributed by atoms with Crippen molar-refractivity contribution in [3.05, 3.63) is 65.5 Å². The first-order chi connectivity index (χ1) is 12.7. The van der Waals surface area contributed by atoms with Crippen LogP contribution in [0.15, 0.2) is 48.5 Å². The number of imidazole rings is 1. The number of nitrogens with two attached hydrogens (primary N) is 2. The van der Waals surface area contributed by atoms with E-state index in [4.69, 9.17) is 16.5 Å². The highest BCUT2D eigenvalue weighted by Gasteiger charge is 2.17. The van der Waals surface area contributed by atoms with Crippen LogP contribution in [0.5, 0.6) is 0 Å². The van der Waals surface area contributed by atoms with Gasteiger partial charge in [-0.05, 0) is 23.6 Å². The summed E-state index contributed by atoms with van der Waals surface area (Å²) in [7, 11) is 0. The number of rotatable bonds is 5. The smallest absolute Gasteiger partial charge is 0.152 e. The number of aromatic nitrogens is 3. The van der Waals surface area contributed by atoms with Crippen LogP contribution in [0.1, 0.15) is 30.3 Å². The second-order valence-corrected chi connectivity index (χ2v) is 6.60. The molecule has 0 saturated carbocycles. The van der Waals surface area contributed by atoms with Gasteiger partial charge in [0.15, 0.2) is 5.82 Å². The molecule has 0 fully saturated rings. The Hall–Kier alpha value is -2.92. The first-order valence-electron chi connectivity index (χ1n) is 9.02. The first kappa shape index (κ1) is 16.5. The lowest BCUT2D eigenvalue weighted by molar-refractivity contribution is 0.722. The Bertz CT molecular complexity index is 1060. The third kappa shape index (κ3) is 2.80. The fourth-order valence-electron chi connectivity index (χ4n) is 3.45. The lowest BCUT2D eigenvalue weighted by Gasteiger charge is -2.11. The number of anilines is 1. The van der Waals surface area contributed by atoms with Gasteiger partial charge in [-0.1, -0.05) is 49.4 Å². The molecular formula is C21H23N5. The summed E-state index contributed by atoms with van der Waals surface area (Å²) in [5.74, 6) is 1.54. The van der Waals surface area contributed by atoms with Crippen molar-refractivity contribution >= 4 is 27.8 Å². The average molecular weight is 345 g/mol. The monoisotopic (exact) mass is 345 g/mol. The van der Waals surface area contributed by atoms with Crippen molar-refractivity contribution in [3.8, 4) is 0 Å². The summed E-state index contributed by atoms with van der Waals surface area (Å²) in [5.41, 5.74) is 17.1. The Morgan fingerprint density at radius 1 is 0.962 bits per heavy atom. The van der Waals surface area contributed by atoms with Gasteiger partial charge in [-0.15, -0.1) is 0 Å². The average Bonchev–Trinajstić information content (AvgIpc) is 3.02. The molecule has 0 spiro atoms. The van der Waals surface area contributed by atoms with Gasteiger partial charge in [0, 0.05) is 24.9 Å². The molecule has 5 heteroatoms. The maximum absolute atomic E-state index is 6.23. The molecule has 2 aromatic carbocycles. The van der Waals surface area contributed by atoms with Gasteiger partial charge in [-0.3, -0.25) is 0 Å². The van der Waals surface area contributed by atoms with Gasteiger partial charge in [0.05, 0.1) is 11.0 Å². The molecule has 0 amide bonds. The number of nitrogen functional groups attached to an aromatic ring is 1. The number of aryl methyl sites for hydroxylation is 1. The van der Waals surface area contributed by atoms with Gasteiger partial charge in [-0.25, -0.2) is 9.97 Å². The summed E-state index contributed by atoms with van der Waals surface area (Å²) in [5, 5.41) is 1.09. The SMILES string of the molecule is CCCc1nc2c(N)nc3ccccc3c2n1Cc1ccc(CN)cc1. The van der Waals surface area contributed by atoms with Crippen molar-refractivity contribution in [2.24, 2.45) is 5.73 Å². The van der Waals surface area contributed by atoms with E-state index in [0.717, 1.165) is 52.7 Å². The van der Waals surface area contributed by atoms with Crippen molar-refractivity contribution in [1.82, 2.24) is 14.5 Å². The molecule has 0 saturated heterocycles. The zero-order valence-electron chi connectivity index (χ0n) is 14.9. The van der Waals surface area contributed by atoms with Gasteiger partial charge in [0.25, 0.3) is 0 Å². The number of pyridine rings is 1. The quantitative estimate of drug-likeness (QED) is 0.579. The van der Waals surface area contributed by atoms with Crippen LogP contribution in [-0.4, -0.2) is 14.5 Å². The standard InChI is InChI=1S/C21H23N5/c1-2-5-18-25-19-20(16-6-3-4-7-17(16)24-21(19)23)26(18)13-15-10-8-14(12-22)9-11-15/h3-4,6-11H,2,5,12-13,22H2,1H3,(H2,23,24). The summed E-state index contributed by atoms with van der Waals surface area (Å²) in [6, 6.07) is 16.6. The van der Waals surface area contributed by atoms with E-state index in [1.165, 1.54) is 5.56 Å². The Morgan fingerprint density at radius 3 is 2.42 bits per heavy atom. The lowest BCUT2D eigenvalue weighted by atomic mass is 10.1. The highest BCUT2D eigenvalue weighted by atomic mass is 15.1. The molecule has 0 aliphatic rings. The fraction of sp³-hybridized carbons (Fsp3) is 0.238. The largest absolute Gasteiger partial charge is 0.382 e. The molecule has 2 heterocycles. The summed E-state index contributed by atoms with van der Waals surface area (Å²) in [6.07, 6.45) is 1.93. The zero-order chi connectivity index (χ0) is 18.1. The molecule has 26 heavy (non-hydrogen) atoms. The van der Waals surface area contributed by atoms with Gasteiger partial charge in [0.2, 0.25) is 0 Å². The van der Waals surface area contributed by atoms with Crippen LogP contribution >= 0.6 is 0 Å². The molecule has 132 valence electrons. The van der Waals surface area contributed by atoms with E-state index in [1.807, 2.05) is 18.2 Å². The third-order valence-corrected chi connectivity index (χ3v) is 4.76. The van der Waals surface area contributed by atoms with Crippen molar-refractivity contribution in [3.63, 3.8) is 0 Å². The fourth-order valence-corrected chi connectivity index (χ4v) is 3.45. The summed E-state index contributed by atoms with van der Waals surface area (Å²) in [4.78, 5) is 9.37. The number of para-hydroxylation sites is 1. The maximum atomic E-state index is 6.23. The molecule has 5 nitrogen and oxygen atoms in total. The Balaban J connectivity index is 1.93. The molecule has 0 atom stereocenters. The van der Waals surface area contributed by atoms with Crippen molar-refractivity contribution < 1.29 is 0 Å². The molecule has 0 radical (unpaired) electrons. The van der Waals surface area contributed by atoms with Crippen LogP contribution in [0.4, 0.5) is 5.82 Å². The van der Waals surface area contributed by atoms with E-state index < -0.39 is 0 Å². The second kappa shape index (κ2) is 6.77. The van der Waals surface area contributed by atoms with Crippen LogP contribution in [-0.2, 0) is 19.5 Å². The predicted molar refractivity (Wildman–Crippen MR) is 107 cm³/mol. The molecule has 0 bridgehead atoms. The predicted octanol–water partition coefficient (Wildman–Crippen LogP) is 3.63. The third-order valence-electron chi connectivity index (χ3n) is 4.76. The van der Waals surface area contributed by atoms with Gasteiger partial charge < -0.3 is 16.0 Å². The van der Waals surface area contributed by atoms with Crippen molar-refractivity contribution in [2.45, 2.75) is 32.9 Å². The topological polar surface area (TPSA) is 82.8 Å². The molecule has 4 aromatic rings. The highest BCUT2D eigenvalue weighted by molar-refractivity contribution is 6.06. The van der Waals surface area contributed by atoms with Crippen LogP contribution in [0.2, 0.25) is 0 Å². The van der Waals surface area contributed by atoms with Crippen molar-refractivity contribution in [1.29, 1.82) is 0 Å². The molecule has 0 aliphatic heterocycles.